The second kappa shape index (κ2) is 6.46. The predicted molar refractivity (Wildman–Crippen MR) is 96.7 cm³/mol. The van der Waals surface area contributed by atoms with Gasteiger partial charge in [-0.3, -0.25) is 0 Å². The van der Waals surface area contributed by atoms with E-state index in [-0.39, 0.29) is 0 Å². The van der Waals surface area contributed by atoms with Crippen LogP contribution in [0.3, 0.4) is 0 Å². The van der Waals surface area contributed by atoms with Crippen molar-refractivity contribution < 1.29 is 4.74 Å². The van der Waals surface area contributed by atoms with Gasteiger partial charge in [0.2, 0.25) is 22.3 Å². The maximum absolute atomic E-state index is 5.14. The topological polar surface area (TPSA) is 78.6 Å². The van der Waals surface area contributed by atoms with E-state index in [0.29, 0.717) is 16.7 Å². The summed E-state index contributed by atoms with van der Waals surface area (Å²) in [5.74, 6) is 0.557. The Morgan fingerprint density at radius 2 is 2.00 bits per heavy atom. The summed E-state index contributed by atoms with van der Waals surface area (Å²) in [4.78, 5) is 4.35. The molecule has 7 nitrogen and oxygen atoms in total. The Morgan fingerprint density at radius 1 is 1.17 bits per heavy atom. The van der Waals surface area contributed by atoms with Crippen LogP contribution in [0.5, 0.6) is 5.88 Å². The van der Waals surface area contributed by atoms with Gasteiger partial charge in [0.25, 0.3) is 5.16 Å². The first-order valence-electron chi connectivity index (χ1n) is 6.80. The molecule has 0 aliphatic rings. The Balaban J connectivity index is 1.66. The second-order valence-corrected chi connectivity index (χ2v) is 8.63. The molecule has 24 heavy (non-hydrogen) atoms. The molecular weight excluding hydrogens is 412 g/mol. The van der Waals surface area contributed by atoms with Gasteiger partial charge >= 0.3 is 0 Å². The maximum Gasteiger partial charge on any atom is 0.273 e. The molecule has 1 unspecified atom stereocenters. The summed E-state index contributed by atoms with van der Waals surface area (Å²) in [5.41, 5.74) is 1.58. The van der Waals surface area contributed by atoms with Crippen molar-refractivity contribution in [1.82, 2.24) is 29.6 Å². The van der Waals surface area contributed by atoms with Crippen molar-refractivity contribution in [3.63, 3.8) is 0 Å². The molecule has 4 rings (SSSR count). The quantitative estimate of drug-likeness (QED) is 0.367. The van der Waals surface area contributed by atoms with E-state index in [0.717, 1.165) is 15.5 Å². The molecule has 0 aliphatic carbocycles. The molecule has 3 aromatic heterocycles. The number of halogens is 1. The molecule has 3 heterocycles. The van der Waals surface area contributed by atoms with Crippen LogP contribution >= 0.6 is 36.4 Å². The first-order valence-corrected chi connectivity index (χ1v) is 10.2. The Bertz CT molecular complexity index is 1000. The molecule has 120 valence electrons. The number of benzene rings is 1. The van der Waals surface area contributed by atoms with Gasteiger partial charge in [-0.1, -0.05) is 21.0 Å². The highest BCUT2D eigenvalue weighted by Crippen LogP contribution is 2.38. The Kier molecular flexibility index (Phi) is 4.17. The third-order valence-corrected chi connectivity index (χ3v) is 6.55. The second-order valence-electron chi connectivity index (χ2n) is 4.68. The number of aromatic nitrogens is 6. The van der Waals surface area contributed by atoms with Crippen molar-refractivity contribution in [2.75, 3.05) is 7.11 Å². The van der Waals surface area contributed by atoms with Crippen molar-refractivity contribution in [2.24, 2.45) is 0 Å². The number of fused-ring (bicyclic) bond motifs is 1. The van der Waals surface area contributed by atoms with Crippen molar-refractivity contribution in [2.45, 2.75) is 5.16 Å². The summed E-state index contributed by atoms with van der Waals surface area (Å²) < 4.78 is 12.5. The fourth-order valence-electron chi connectivity index (χ4n) is 2.04. The van der Waals surface area contributed by atoms with Crippen LogP contribution in [0.1, 0.15) is 0 Å². The summed E-state index contributed by atoms with van der Waals surface area (Å²) in [5, 5.41) is 15.7. The lowest BCUT2D eigenvalue weighted by molar-refractivity contribution is 0.399. The van der Waals surface area contributed by atoms with Crippen LogP contribution in [-0.4, -0.2) is 36.7 Å². The number of methoxy groups -OCH3 is 1. The maximum atomic E-state index is 5.14. The van der Waals surface area contributed by atoms with Gasteiger partial charge in [0, 0.05) is 10.5 Å². The van der Waals surface area contributed by atoms with Crippen molar-refractivity contribution in [3.8, 4) is 11.6 Å². The molecule has 0 spiro atoms. The zero-order chi connectivity index (χ0) is 16.5. The highest BCUT2D eigenvalue weighted by atomic mass is 79.9. The zero-order valence-electron chi connectivity index (χ0n) is 12.3. The number of nitrogens with zero attached hydrogens (tertiary/aromatic N) is 6. The molecule has 0 saturated heterocycles. The smallest absolute Gasteiger partial charge is 0.273 e. The monoisotopic (exact) mass is 421 g/mol. The normalized spacial score (nSPS) is 11.8. The molecular formula is C14H10BrN6OS2+. The SMILES string of the molecule is COc1ccc2c[s+](Sc3nnnn3-c3ccc(Br)cc3)nc2n1. The molecule has 0 fully saturated rings. The van der Waals surface area contributed by atoms with Gasteiger partial charge in [-0.25, -0.2) is 0 Å². The lowest BCUT2D eigenvalue weighted by Crippen LogP contribution is -1.97. The average molecular weight is 422 g/mol. The van der Waals surface area contributed by atoms with Crippen molar-refractivity contribution in [3.05, 3.63) is 46.3 Å². The third kappa shape index (κ3) is 2.99. The van der Waals surface area contributed by atoms with Crippen LogP contribution in [0.25, 0.3) is 16.7 Å². The summed E-state index contributed by atoms with van der Waals surface area (Å²) in [6, 6.07) is 11.6. The van der Waals surface area contributed by atoms with Gasteiger partial charge in [0.05, 0.1) is 18.2 Å². The van der Waals surface area contributed by atoms with Crippen LogP contribution in [0.2, 0.25) is 0 Å². The van der Waals surface area contributed by atoms with Crippen LogP contribution in [0, 0.1) is 0 Å². The van der Waals surface area contributed by atoms with Gasteiger partial charge in [0.1, 0.15) is 0 Å². The first kappa shape index (κ1) is 15.5. The van der Waals surface area contributed by atoms with E-state index in [4.69, 9.17) is 4.74 Å². The Hall–Kier alpha value is -2.04. The van der Waals surface area contributed by atoms with E-state index in [1.807, 2.05) is 36.4 Å². The Morgan fingerprint density at radius 3 is 2.79 bits per heavy atom. The van der Waals surface area contributed by atoms with Crippen LogP contribution in [0.4, 0.5) is 0 Å². The molecule has 0 saturated carbocycles. The fraction of sp³-hybridized carbons (Fsp3) is 0.0714. The van der Waals surface area contributed by atoms with Crippen LogP contribution in [-0.2, 0) is 0 Å². The highest BCUT2D eigenvalue weighted by Gasteiger charge is 2.22. The molecule has 1 aromatic carbocycles. The van der Waals surface area contributed by atoms with E-state index in [1.54, 1.807) is 11.8 Å². The van der Waals surface area contributed by atoms with Crippen LogP contribution in [0.15, 0.2) is 51.4 Å². The summed E-state index contributed by atoms with van der Waals surface area (Å²) >= 11 is 3.42. The minimum atomic E-state index is -0.426. The number of pyridine rings is 1. The molecule has 0 radical (unpaired) electrons. The van der Waals surface area contributed by atoms with Crippen molar-refractivity contribution >= 4 is 47.5 Å². The molecule has 0 bridgehead atoms. The van der Waals surface area contributed by atoms with Gasteiger partial charge < -0.3 is 4.74 Å². The molecule has 0 aliphatic heterocycles. The minimum Gasteiger partial charge on any atom is -0.481 e. The Labute approximate surface area is 151 Å². The molecule has 0 amide bonds. The lowest BCUT2D eigenvalue weighted by Gasteiger charge is -2.00. The third-order valence-electron chi connectivity index (χ3n) is 3.17. The highest BCUT2D eigenvalue weighted by molar-refractivity contribution is 9.10. The van der Waals surface area contributed by atoms with Crippen molar-refractivity contribution in [1.29, 1.82) is 0 Å². The first-order chi connectivity index (χ1) is 11.7. The van der Waals surface area contributed by atoms with E-state index in [2.05, 4.69) is 46.2 Å². The molecule has 0 N–H and O–H groups in total. The van der Waals surface area contributed by atoms with E-state index < -0.39 is 9.70 Å². The number of hydrogen-bond acceptors (Lipinski definition) is 7. The minimum absolute atomic E-state index is 0.426. The van der Waals surface area contributed by atoms with Gasteiger partial charge in [-0.15, -0.1) is 0 Å². The molecule has 4 aromatic rings. The van der Waals surface area contributed by atoms with E-state index in [1.165, 1.54) is 10.8 Å². The van der Waals surface area contributed by atoms with Gasteiger partial charge in [0.15, 0.2) is 15.1 Å². The predicted octanol–water partition coefficient (Wildman–Crippen LogP) is 3.68. The largest absolute Gasteiger partial charge is 0.481 e. The zero-order valence-corrected chi connectivity index (χ0v) is 15.5. The van der Waals surface area contributed by atoms with Crippen LogP contribution < -0.4 is 4.74 Å². The number of ether oxygens (including phenoxy) is 1. The average Bonchev–Trinajstić information content (AvgIpc) is 3.21. The van der Waals surface area contributed by atoms with Gasteiger partial charge in [-0.05, 0) is 45.1 Å². The number of hydrogen-bond donors (Lipinski definition) is 0. The number of tetrazole rings is 1. The van der Waals surface area contributed by atoms with E-state index in [9.17, 15) is 0 Å². The molecule has 1 atom stereocenters. The lowest BCUT2D eigenvalue weighted by atomic mass is 10.3. The summed E-state index contributed by atoms with van der Waals surface area (Å²) in [6.45, 7) is 0. The number of rotatable bonds is 4. The summed E-state index contributed by atoms with van der Waals surface area (Å²) in [7, 11) is 2.66. The van der Waals surface area contributed by atoms with E-state index >= 15 is 0 Å². The molecule has 10 heteroatoms. The van der Waals surface area contributed by atoms with Gasteiger partial charge in [-0.2, -0.15) is 9.67 Å². The standard InChI is InChI=1S/C14H10BrN6OS2/c1-22-12-7-2-9-8-24(18-13(9)16-12)23-14-17-19-20-21(14)11-5-3-10(15)4-6-11/h2-8H,1H3/q+1. The fourth-order valence-corrected chi connectivity index (χ4v) is 5.14. The summed E-state index contributed by atoms with van der Waals surface area (Å²) in [6.07, 6.45) is 0.